The van der Waals surface area contributed by atoms with E-state index in [9.17, 15) is 5.11 Å². The summed E-state index contributed by atoms with van der Waals surface area (Å²) in [5.74, 6) is 0. The van der Waals surface area contributed by atoms with E-state index in [1.54, 1.807) is 0 Å². The third kappa shape index (κ3) is 5.33. The van der Waals surface area contributed by atoms with Crippen LogP contribution in [0.4, 0.5) is 0 Å². The number of hydrogen-bond donors (Lipinski definition) is 1. The fraction of sp³-hybridized carbons (Fsp3) is 0.867. The molecule has 2 atom stereocenters. The Balaban J connectivity index is 2.61. The van der Waals surface area contributed by atoms with Gasteiger partial charge in [0.25, 0.3) is 0 Å². The Kier molecular flexibility index (Phi) is 5.16. The van der Waals surface area contributed by atoms with E-state index in [4.69, 9.17) is 0 Å². The number of rotatable bonds is 5. The average molecular weight is 345 g/mol. The van der Waals surface area contributed by atoms with Crippen molar-refractivity contribution in [1.82, 2.24) is 0 Å². The molecule has 1 nitrogen and oxygen atoms in total. The van der Waals surface area contributed by atoms with Gasteiger partial charge in [-0.1, -0.05) is 0 Å². The molecule has 0 aromatic heterocycles. The molecule has 1 aliphatic rings. The summed E-state index contributed by atoms with van der Waals surface area (Å²) < 4.78 is 2.51. The third-order valence-electron chi connectivity index (χ3n) is 3.88. The van der Waals surface area contributed by atoms with Crippen LogP contribution in [0, 0.1) is 5.41 Å². The van der Waals surface area contributed by atoms with Gasteiger partial charge in [-0.05, 0) is 0 Å². The Labute approximate surface area is 112 Å². The molecule has 1 N–H and O–H groups in total. The molecule has 0 aliphatic heterocycles. The van der Waals surface area contributed by atoms with Crippen molar-refractivity contribution < 1.29 is 5.11 Å². The van der Waals surface area contributed by atoms with Gasteiger partial charge >= 0.3 is 112 Å². The molecule has 1 aliphatic carbocycles. The van der Waals surface area contributed by atoms with Crippen molar-refractivity contribution in [1.29, 1.82) is 0 Å². The molecule has 17 heavy (non-hydrogen) atoms. The molecule has 1 saturated carbocycles. The van der Waals surface area contributed by atoms with Crippen molar-refractivity contribution in [2.24, 2.45) is 5.41 Å². The SMILES string of the molecule is CCCC[C@]1(O)CC[C@](C)(/C=[CH]\[Sn]([CH3])([CH3])[CH3])C1. The molecule has 1 rings (SSSR count). The predicted molar refractivity (Wildman–Crippen MR) is 78.9 cm³/mol. The van der Waals surface area contributed by atoms with E-state index in [1.807, 2.05) is 0 Å². The Morgan fingerprint density at radius 3 is 2.41 bits per heavy atom. The number of unbranched alkanes of at least 4 members (excludes halogenated alkanes) is 1. The topological polar surface area (TPSA) is 20.2 Å². The Morgan fingerprint density at radius 1 is 1.24 bits per heavy atom. The van der Waals surface area contributed by atoms with Gasteiger partial charge in [0, 0.05) is 0 Å². The molecule has 2 heteroatoms. The van der Waals surface area contributed by atoms with Gasteiger partial charge < -0.3 is 0 Å². The standard InChI is InChI=1S/C12H21O.3CH3.Sn/c1-4-6-7-12(13)9-8-11(3,5-2)10-12;;;;/h2,5,13H,4,6-10H2,1,3H3;3*1H3;/t11-,12-;;;;/m0..../s1. The van der Waals surface area contributed by atoms with Crippen LogP contribution >= 0.6 is 0 Å². The van der Waals surface area contributed by atoms with E-state index >= 15 is 0 Å². The van der Waals surface area contributed by atoms with Crippen molar-refractivity contribution in [2.75, 3.05) is 0 Å². The second-order valence-electron chi connectivity index (χ2n) is 7.36. The second kappa shape index (κ2) is 5.64. The molecule has 0 bridgehead atoms. The fourth-order valence-electron chi connectivity index (χ4n) is 2.76. The van der Waals surface area contributed by atoms with Crippen LogP contribution in [0.15, 0.2) is 10.2 Å². The van der Waals surface area contributed by atoms with Crippen LogP contribution < -0.4 is 0 Å². The average Bonchev–Trinajstić information content (AvgIpc) is 2.50. The van der Waals surface area contributed by atoms with Crippen molar-refractivity contribution in [3.05, 3.63) is 10.2 Å². The van der Waals surface area contributed by atoms with Gasteiger partial charge in [0.05, 0.1) is 0 Å². The first kappa shape index (κ1) is 15.6. The van der Waals surface area contributed by atoms with E-state index in [0.717, 1.165) is 32.1 Å². The summed E-state index contributed by atoms with van der Waals surface area (Å²) in [6.07, 6.45) is 8.90. The van der Waals surface area contributed by atoms with Crippen molar-refractivity contribution >= 4 is 18.4 Å². The first-order chi connectivity index (χ1) is 7.68. The molecule has 0 saturated heterocycles. The molecule has 100 valence electrons. The molecule has 1 fully saturated rings. The fourth-order valence-corrected chi connectivity index (χ4v) is 5.33. The summed E-state index contributed by atoms with van der Waals surface area (Å²) in [5.41, 5.74) is -0.116. The summed E-state index contributed by atoms with van der Waals surface area (Å²) >= 11 is -1.80. The van der Waals surface area contributed by atoms with Crippen LogP contribution in [-0.4, -0.2) is 29.1 Å². The minimum atomic E-state index is -1.80. The summed E-state index contributed by atoms with van der Waals surface area (Å²) in [6, 6.07) is 0. The van der Waals surface area contributed by atoms with Gasteiger partial charge in [-0.2, -0.15) is 0 Å². The van der Waals surface area contributed by atoms with Gasteiger partial charge in [0.1, 0.15) is 0 Å². The van der Waals surface area contributed by atoms with E-state index in [2.05, 4.69) is 38.8 Å². The van der Waals surface area contributed by atoms with Crippen molar-refractivity contribution in [3.63, 3.8) is 0 Å². The van der Waals surface area contributed by atoms with Gasteiger partial charge in [-0.15, -0.1) is 0 Å². The predicted octanol–water partition coefficient (Wildman–Crippen LogP) is 4.53. The maximum atomic E-state index is 10.6. The second-order valence-corrected chi connectivity index (χ2v) is 21.8. The zero-order valence-electron chi connectivity index (χ0n) is 12.3. The van der Waals surface area contributed by atoms with Crippen LogP contribution in [0.2, 0.25) is 14.8 Å². The molecule has 0 amide bonds. The molecule has 0 unspecified atom stereocenters. The van der Waals surface area contributed by atoms with E-state index in [0.29, 0.717) is 0 Å². The number of allylic oxidation sites excluding steroid dienone is 1. The molecule has 0 heterocycles. The molecular formula is C15H30OSn. The first-order valence-electron chi connectivity index (χ1n) is 7.11. The number of hydrogen-bond acceptors (Lipinski definition) is 1. The Morgan fingerprint density at radius 2 is 1.88 bits per heavy atom. The molecular weight excluding hydrogens is 315 g/mol. The van der Waals surface area contributed by atoms with Crippen LogP contribution in [0.5, 0.6) is 0 Å². The van der Waals surface area contributed by atoms with E-state index < -0.39 is 18.4 Å². The molecule has 0 aromatic rings. The van der Waals surface area contributed by atoms with Crippen LogP contribution in [0.3, 0.4) is 0 Å². The molecule has 0 aromatic carbocycles. The van der Waals surface area contributed by atoms with Crippen LogP contribution in [0.25, 0.3) is 0 Å². The summed E-state index contributed by atoms with van der Waals surface area (Å²) in [4.78, 5) is 7.31. The summed E-state index contributed by atoms with van der Waals surface area (Å²) in [7, 11) is 0. The van der Waals surface area contributed by atoms with Crippen LogP contribution in [0.1, 0.15) is 52.4 Å². The normalized spacial score (nSPS) is 34.7. The van der Waals surface area contributed by atoms with Crippen molar-refractivity contribution in [3.8, 4) is 0 Å². The monoisotopic (exact) mass is 346 g/mol. The van der Waals surface area contributed by atoms with Gasteiger partial charge in [0.2, 0.25) is 0 Å². The third-order valence-corrected chi connectivity index (χ3v) is 7.21. The van der Waals surface area contributed by atoms with E-state index in [-0.39, 0.29) is 11.0 Å². The van der Waals surface area contributed by atoms with Crippen LogP contribution in [-0.2, 0) is 0 Å². The van der Waals surface area contributed by atoms with Gasteiger partial charge in [-0.3, -0.25) is 0 Å². The zero-order valence-corrected chi connectivity index (χ0v) is 15.2. The molecule has 0 spiro atoms. The van der Waals surface area contributed by atoms with Gasteiger partial charge in [-0.25, -0.2) is 0 Å². The summed E-state index contributed by atoms with van der Waals surface area (Å²) in [5, 5.41) is 10.6. The molecule has 0 radical (unpaired) electrons. The Hall–Kier alpha value is 0.499. The van der Waals surface area contributed by atoms with E-state index in [1.165, 1.54) is 6.42 Å². The maximum absolute atomic E-state index is 10.6. The van der Waals surface area contributed by atoms with Gasteiger partial charge in [0.15, 0.2) is 0 Å². The number of aliphatic hydroxyl groups is 1. The minimum absolute atomic E-state index is 0.257. The zero-order chi connectivity index (χ0) is 13.2. The summed E-state index contributed by atoms with van der Waals surface area (Å²) in [6.45, 7) is 4.52. The quantitative estimate of drug-likeness (QED) is 0.726. The first-order valence-corrected chi connectivity index (χ1v) is 17.3. The Bertz CT molecular complexity index is 279. The van der Waals surface area contributed by atoms with Crippen molar-refractivity contribution in [2.45, 2.75) is 72.8 Å².